The van der Waals surface area contributed by atoms with E-state index in [1.807, 2.05) is 17.1 Å². The maximum atomic E-state index is 4.59. The van der Waals surface area contributed by atoms with E-state index in [4.69, 9.17) is 0 Å². The van der Waals surface area contributed by atoms with Crippen LogP contribution < -0.4 is 5.32 Å². The van der Waals surface area contributed by atoms with Gasteiger partial charge in [-0.3, -0.25) is 0 Å². The number of anilines is 1. The first-order chi connectivity index (χ1) is 9.69. The second kappa shape index (κ2) is 5.43. The second-order valence-electron chi connectivity index (χ2n) is 6.17. The first-order valence-corrected chi connectivity index (χ1v) is 7.79. The molecular formula is C16H24N4. The van der Waals surface area contributed by atoms with Crippen LogP contribution in [-0.2, 0) is 0 Å². The van der Waals surface area contributed by atoms with Crippen LogP contribution in [0.2, 0.25) is 0 Å². The fourth-order valence-corrected chi connectivity index (χ4v) is 3.33. The zero-order chi connectivity index (χ0) is 14.1. The molecule has 1 aliphatic carbocycles. The summed E-state index contributed by atoms with van der Waals surface area (Å²) in [5.41, 5.74) is 2.11. The third kappa shape index (κ3) is 2.39. The normalized spacial score (nSPS) is 22.8. The van der Waals surface area contributed by atoms with Gasteiger partial charge in [0, 0.05) is 17.5 Å². The molecule has 0 spiro atoms. The summed E-state index contributed by atoms with van der Waals surface area (Å²) in [6, 6.07) is 3.14. The van der Waals surface area contributed by atoms with E-state index < -0.39 is 0 Å². The summed E-state index contributed by atoms with van der Waals surface area (Å²) >= 11 is 0. The lowest BCUT2D eigenvalue weighted by molar-refractivity contribution is 0.489. The van der Waals surface area contributed by atoms with Crippen molar-refractivity contribution in [2.75, 3.05) is 5.32 Å². The molecule has 0 radical (unpaired) electrons. The van der Waals surface area contributed by atoms with Gasteiger partial charge in [-0.1, -0.05) is 19.8 Å². The topological polar surface area (TPSA) is 42.7 Å². The SMILES string of the molecule is CCC1CCCC1Nc1cnc2c(cnn2C(C)C)c1. The summed E-state index contributed by atoms with van der Waals surface area (Å²) < 4.78 is 1.98. The number of fused-ring (bicyclic) bond motifs is 1. The van der Waals surface area contributed by atoms with Gasteiger partial charge in [-0.15, -0.1) is 0 Å². The Labute approximate surface area is 120 Å². The van der Waals surface area contributed by atoms with Crippen molar-refractivity contribution in [1.29, 1.82) is 0 Å². The predicted molar refractivity (Wildman–Crippen MR) is 83.0 cm³/mol. The van der Waals surface area contributed by atoms with Crippen molar-refractivity contribution in [2.45, 2.75) is 58.5 Å². The highest BCUT2D eigenvalue weighted by Crippen LogP contribution is 2.31. The minimum atomic E-state index is 0.345. The van der Waals surface area contributed by atoms with Gasteiger partial charge in [0.15, 0.2) is 5.65 Å². The highest BCUT2D eigenvalue weighted by molar-refractivity contribution is 5.78. The molecule has 1 N–H and O–H groups in total. The molecule has 4 heteroatoms. The molecule has 0 aliphatic heterocycles. The molecule has 20 heavy (non-hydrogen) atoms. The zero-order valence-corrected chi connectivity index (χ0v) is 12.6. The van der Waals surface area contributed by atoms with Crippen molar-refractivity contribution in [1.82, 2.24) is 14.8 Å². The number of aromatic nitrogens is 3. The minimum Gasteiger partial charge on any atom is -0.381 e. The molecule has 0 aromatic carbocycles. The van der Waals surface area contributed by atoms with Gasteiger partial charge in [0.1, 0.15) is 0 Å². The average Bonchev–Trinajstić information content (AvgIpc) is 3.04. The van der Waals surface area contributed by atoms with Gasteiger partial charge in [0.2, 0.25) is 0 Å². The van der Waals surface area contributed by atoms with Crippen LogP contribution in [0.5, 0.6) is 0 Å². The second-order valence-corrected chi connectivity index (χ2v) is 6.17. The van der Waals surface area contributed by atoms with Gasteiger partial charge in [-0.2, -0.15) is 5.10 Å². The fourth-order valence-electron chi connectivity index (χ4n) is 3.33. The first-order valence-electron chi connectivity index (χ1n) is 7.79. The quantitative estimate of drug-likeness (QED) is 0.914. The molecule has 2 aromatic heterocycles. The number of hydrogen-bond acceptors (Lipinski definition) is 3. The minimum absolute atomic E-state index is 0.345. The predicted octanol–water partition coefficient (Wildman–Crippen LogP) is 4.00. The number of hydrogen-bond donors (Lipinski definition) is 1. The summed E-state index contributed by atoms with van der Waals surface area (Å²) in [5, 5.41) is 9.22. The van der Waals surface area contributed by atoms with Crippen LogP contribution in [0.15, 0.2) is 18.5 Å². The Kier molecular flexibility index (Phi) is 3.64. The molecule has 0 bridgehead atoms. The third-order valence-corrected chi connectivity index (χ3v) is 4.46. The fraction of sp³-hybridized carbons (Fsp3) is 0.625. The van der Waals surface area contributed by atoms with Gasteiger partial charge in [-0.25, -0.2) is 9.67 Å². The molecule has 0 saturated heterocycles. The Morgan fingerprint density at radius 1 is 1.35 bits per heavy atom. The van der Waals surface area contributed by atoms with Crippen LogP contribution in [0.4, 0.5) is 5.69 Å². The molecular weight excluding hydrogens is 248 g/mol. The van der Waals surface area contributed by atoms with Crippen molar-refractivity contribution < 1.29 is 0 Å². The summed E-state index contributed by atoms with van der Waals surface area (Å²) in [7, 11) is 0. The Morgan fingerprint density at radius 3 is 2.95 bits per heavy atom. The van der Waals surface area contributed by atoms with E-state index in [-0.39, 0.29) is 0 Å². The van der Waals surface area contributed by atoms with Crippen LogP contribution in [0.3, 0.4) is 0 Å². The monoisotopic (exact) mass is 272 g/mol. The van der Waals surface area contributed by atoms with Crippen molar-refractivity contribution >= 4 is 16.7 Å². The van der Waals surface area contributed by atoms with E-state index in [0.717, 1.165) is 22.6 Å². The van der Waals surface area contributed by atoms with Crippen LogP contribution >= 0.6 is 0 Å². The molecule has 3 rings (SSSR count). The van der Waals surface area contributed by atoms with E-state index in [1.54, 1.807) is 0 Å². The van der Waals surface area contributed by atoms with E-state index >= 15 is 0 Å². The summed E-state index contributed by atoms with van der Waals surface area (Å²) in [6.45, 7) is 6.55. The summed E-state index contributed by atoms with van der Waals surface area (Å²) in [5.74, 6) is 0.809. The van der Waals surface area contributed by atoms with E-state index in [2.05, 4.69) is 42.2 Å². The molecule has 2 heterocycles. The van der Waals surface area contributed by atoms with Gasteiger partial charge < -0.3 is 5.32 Å². The van der Waals surface area contributed by atoms with Crippen LogP contribution in [0.1, 0.15) is 52.5 Å². The highest BCUT2D eigenvalue weighted by atomic mass is 15.3. The number of rotatable bonds is 4. The van der Waals surface area contributed by atoms with E-state index in [9.17, 15) is 0 Å². The average molecular weight is 272 g/mol. The Balaban J connectivity index is 1.83. The van der Waals surface area contributed by atoms with Gasteiger partial charge in [-0.05, 0) is 38.7 Å². The molecule has 4 nitrogen and oxygen atoms in total. The molecule has 2 atom stereocenters. The standard InChI is InChI=1S/C16H24N4/c1-4-12-6-5-7-15(12)19-14-8-13-9-18-20(11(2)3)16(13)17-10-14/h8-12,15,19H,4-7H2,1-3H3. The van der Waals surface area contributed by atoms with Crippen LogP contribution in [-0.4, -0.2) is 20.8 Å². The number of pyridine rings is 1. The lowest BCUT2D eigenvalue weighted by Crippen LogP contribution is -2.23. The maximum absolute atomic E-state index is 4.59. The molecule has 2 unspecified atom stereocenters. The van der Waals surface area contributed by atoms with Gasteiger partial charge in [0.25, 0.3) is 0 Å². The summed E-state index contributed by atoms with van der Waals surface area (Å²) in [4.78, 5) is 4.59. The van der Waals surface area contributed by atoms with Crippen molar-refractivity contribution in [3.63, 3.8) is 0 Å². The highest BCUT2D eigenvalue weighted by Gasteiger charge is 2.25. The molecule has 1 aliphatic rings. The third-order valence-electron chi connectivity index (χ3n) is 4.46. The molecule has 0 amide bonds. The largest absolute Gasteiger partial charge is 0.381 e. The van der Waals surface area contributed by atoms with Gasteiger partial charge >= 0.3 is 0 Å². The zero-order valence-electron chi connectivity index (χ0n) is 12.6. The Hall–Kier alpha value is -1.58. The van der Waals surface area contributed by atoms with Crippen molar-refractivity contribution in [3.05, 3.63) is 18.5 Å². The number of nitrogens with one attached hydrogen (secondary N) is 1. The van der Waals surface area contributed by atoms with Crippen molar-refractivity contribution in [3.8, 4) is 0 Å². The van der Waals surface area contributed by atoms with Crippen molar-refractivity contribution in [2.24, 2.45) is 5.92 Å². The maximum Gasteiger partial charge on any atom is 0.158 e. The molecule has 1 fully saturated rings. The van der Waals surface area contributed by atoms with Crippen LogP contribution in [0, 0.1) is 5.92 Å². The Morgan fingerprint density at radius 2 is 2.20 bits per heavy atom. The molecule has 108 valence electrons. The Bertz CT molecular complexity index is 587. The number of nitrogens with zero attached hydrogens (tertiary/aromatic N) is 3. The lowest BCUT2D eigenvalue weighted by Gasteiger charge is -2.20. The lowest BCUT2D eigenvalue weighted by atomic mass is 10.0. The van der Waals surface area contributed by atoms with E-state index in [1.165, 1.54) is 25.7 Å². The summed E-state index contributed by atoms with van der Waals surface area (Å²) in [6.07, 6.45) is 9.11. The molecule has 1 saturated carbocycles. The van der Waals surface area contributed by atoms with Gasteiger partial charge in [0.05, 0.1) is 18.1 Å². The molecule has 2 aromatic rings. The van der Waals surface area contributed by atoms with Crippen LogP contribution in [0.25, 0.3) is 11.0 Å². The van der Waals surface area contributed by atoms with E-state index in [0.29, 0.717) is 12.1 Å². The first kappa shape index (κ1) is 13.4. The smallest absolute Gasteiger partial charge is 0.158 e.